The standard InChI is InChI=1S/C18H28O2Si/c1-14-9-16(13-18(10-14)20-21(3,4)5)11-15-7-6-8-17(12-15)19-2/h6-8,12-14,16H,9-11H2,1-5H3/t14-,16+/m1/s1. The molecule has 0 aromatic heterocycles. The van der Waals surface area contributed by atoms with Gasteiger partial charge in [0, 0.05) is 6.42 Å². The van der Waals surface area contributed by atoms with Crippen LogP contribution in [0.15, 0.2) is 36.1 Å². The quantitative estimate of drug-likeness (QED) is 0.711. The molecular formula is C18H28O2Si. The van der Waals surface area contributed by atoms with Gasteiger partial charge in [0.05, 0.1) is 12.9 Å². The molecule has 0 spiro atoms. The Hall–Kier alpha value is -1.22. The van der Waals surface area contributed by atoms with Gasteiger partial charge >= 0.3 is 0 Å². The van der Waals surface area contributed by atoms with E-state index in [1.807, 2.05) is 6.07 Å². The molecule has 2 atom stereocenters. The molecule has 0 heterocycles. The molecule has 0 saturated heterocycles. The second kappa shape index (κ2) is 6.69. The maximum Gasteiger partial charge on any atom is 0.241 e. The third-order valence-corrected chi connectivity index (χ3v) is 4.62. The van der Waals surface area contributed by atoms with Gasteiger partial charge in [-0.3, -0.25) is 0 Å². The summed E-state index contributed by atoms with van der Waals surface area (Å²) in [6.45, 7) is 9.09. The summed E-state index contributed by atoms with van der Waals surface area (Å²) in [5, 5.41) is 0. The molecule has 1 aromatic rings. The third-order valence-electron chi connectivity index (χ3n) is 3.75. The van der Waals surface area contributed by atoms with Gasteiger partial charge in [-0.1, -0.05) is 19.1 Å². The van der Waals surface area contributed by atoms with Crippen molar-refractivity contribution in [2.45, 2.75) is 45.8 Å². The fourth-order valence-corrected chi connectivity index (χ4v) is 3.99. The van der Waals surface area contributed by atoms with Crippen molar-refractivity contribution < 1.29 is 9.16 Å². The zero-order valence-corrected chi connectivity index (χ0v) is 15.0. The number of methoxy groups -OCH3 is 1. The fraction of sp³-hybridized carbons (Fsp3) is 0.556. The lowest BCUT2D eigenvalue weighted by atomic mass is 9.83. The molecule has 0 saturated carbocycles. The molecule has 1 aliphatic rings. The number of benzene rings is 1. The van der Waals surface area contributed by atoms with Crippen LogP contribution in [0.3, 0.4) is 0 Å². The van der Waals surface area contributed by atoms with Crippen LogP contribution in [-0.4, -0.2) is 15.4 Å². The minimum Gasteiger partial charge on any atom is -0.548 e. The van der Waals surface area contributed by atoms with Crippen LogP contribution >= 0.6 is 0 Å². The summed E-state index contributed by atoms with van der Waals surface area (Å²) < 4.78 is 11.6. The highest BCUT2D eigenvalue weighted by atomic mass is 28.4. The van der Waals surface area contributed by atoms with E-state index in [0.717, 1.165) is 18.6 Å². The fourth-order valence-electron chi connectivity index (χ4n) is 3.06. The number of hydrogen-bond donors (Lipinski definition) is 0. The smallest absolute Gasteiger partial charge is 0.241 e. The minimum atomic E-state index is -1.50. The Morgan fingerprint density at radius 3 is 2.67 bits per heavy atom. The molecule has 1 aliphatic carbocycles. The first kappa shape index (κ1) is 16.2. The molecule has 0 N–H and O–H groups in total. The predicted octanol–water partition coefficient (Wildman–Crippen LogP) is 5.02. The molecule has 0 radical (unpaired) electrons. The van der Waals surface area contributed by atoms with Gasteiger partial charge in [-0.2, -0.15) is 0 Å². The lowest BCUT2D eigenvalue weighted by Gasteiger charge is -2.30. The van der Waals surface area contributed by atoms with Crippen molar-refractivity contribution in [2.24, 2.45) is 11.8 Å². The molecule has 1 aromatic carbocycles. The van der Waals surface area contributed by atoms with Crippen LogP contribution in [-0.2, 0) is 10.8 Å². The lowest BCUT2D eigenvalue weighted by molar-refractivity contribution is 0.310. The molecule has 0 aliphatic heterocycles. The van der Waals surface area contributed by atoms with Gasteiger partial charge in [0.15, 0.2) is 0 Å². The van der Waals surface area contributed by atoms with Crippen molar-refractivity contribution in [3.05, 3.63) is 41.7 Å². The van der Waals surface area contributed by atoms with Crippen LogP contribution < -0.4 is 4.74 Å². The van der Waals surface area contributed by atoms with Crippen molar-refractivity contribution >= 4 is 8.32 Å². The van der Waals surface area contributed by atoms with Gasteiger partial charge in [0.25, 0.3) is 0 Å². The van der Waals surface area contributed by atoms with Gasteiger partial charge in [0.2, 0.25) is 8.32 Å². The normalized spacial score (nSPS) is 22.6. The van der Waals surface area contributed by atoms with Crippen LogP contribution in [0.5, 0.6) is 5.75 Å². The van der Waals surface area contributed by atoms with Crippen molar-refractivity contribution in [1.29, 1.82) is 0 Å². The van der Waals surface area contributed by atoms with Crippen molar-refractivity contribution in [1.82, 2.24) is 0 Å². The highest BCUT2D eigenvalue weighted by Gasteiger charge is 2.24. The summed E-state index contributed by atoms with van der Waals surface area (Å²) in [6, 6.07) is 8.41. The Balaban J connectivity index is 2.09. The maximum absolute atomic E-state index is 6.24. The van der Waals surface area contributed by atoms with E-state index in [4.69, 9.17) is 9.16 Å². The second-order valence-electron chi connectivity index (χ2n) is 7.21. The van der Waals surface area contributed by atoms with E-state index >= 15 is 0 Å². The molecule has 0 fully saturated rings. The molecular weight excluding hydrogens is 276 g/mol. The Kier molecular flexibility index (Phi) is 5.15. The highest BCUT2D eigenvalue weighted by Crippen LogP contribution is 2.32. The number of rotatable bonds is 5. The Morgan fingerprint density at radius 2 is 2.00 bits per heavy atom. The van der Waals surface area contributed by atoms with E-state index in [1.54, 1.807) is 7.11 Å². The third kappa shape index (κ3) is 5.23. The summed E-state index contributed by atoms with van der Waals surface area (Å²) in [6.07, 6.45) is 5.78. The summed E-state index contributed by atoms with van der Waals surface area (Å²) in [5.41, 5.74) is 1.34. The molecule has 2 nitrogen and oxygen atoms in total. The molecule has 2 rings (SSSR count). The van der Waals surface area contributed by atoms with E-state index in [9.17, 15) is 0 Å². The first-order valence-corrected chi connectivity index (χ1v) is 11.3. The van der Waals surface area contributed by atoms with E-state index in [2.05, 4.69) is 50.8 Å². The van der Waals surface area contributed by atoms with Gasteiger partial charge in [-0.05, 0) is 68.1 Å². The van der Waals surface area contributed by atoms with Gasteiger partial charge < -0.3 is 9.16 Å². The van der Waals surface area contributed by atoms with Crippen LogP contribution in [0.2, 0.25) is 19.6 Å². The number of hydrogen-bond acceptors (Lipinski definition) is 2. The molecule has 3 heteroatoms. The van der Waals surface area contributed by atoms with Crippen LogP contribution in [0.25, 0.3) is 0 Å². The van der Waals surface area contributed by atoms with E-state index < -0.39 is 8.32 Å². The zero-order chi connectivity index (χ0) is 15.5. The molecule has 0 bridgehead atoms. The summed E-state index contributed by atoms with van der Waals surface area (Å²) >= 11 is 0. The molecule has 116 valence electrons. The van der Waals surface area contributed by atoms with Gasteiger partial charge in [-0.25, -0.2) is 0 Å². The van der Waals surface area contributed by atoms with E-state index in [-0.39, 0.29) is 0 Å². The Morgan fingerprint density at radius 1 is 1.24 bits per heavy atom. The lowest BCUT2D eigenvalue weighted by Crippen LogP contribution is -2.27. The highest BCUT2D eigenvalue weighted by molar-refractivity contribution is 6.70. The first-order chi connectivity index (χ1) is 9.85. The second-order valence-corrected chi connectivity index (χ2v) is 11.6. The molecule has 0 amide bonds. The SMILES string of the molecule is COc1cccc(C[C@H]2C=C(O[Si](C)(C)C)C[C@H](C)C2)c1. The summed E-state index contributed by atoms with van der Waals surface area (Å²) in [4.78, 5) is 0. The average molecular weight is 305 g/mol. The molecule has 0 unspecified atom stereocenters. The minimum absolute atomic E-state index is 0.576. The van der Waals surface area contributed by atoms with Crippen molar-refractivity contribution in [3.8, 4) is 5.75 Å². The largest absolute Gasteiger partial charge is 0.548 e. The summed E-state index contributed by atoms with van der Waals surface area (Å²) in [5.74, 6) is 3.45. The number of allylic oxidation sites excluding steroid dienone is 2. The van der Waals surface area contributed by atoms with Crippen molar-refractivity contribution in [3.63, 3.8) is 0 Å². The Bertz CT molecular complexity index is 502. The van der Waals surface area contributed by atoms with Crippen LogP contribution in [0, 0.1) is 11.8 Å². The van der Waals surface area contributed by atoms with E-state index in [0.29, 0.717) is 11.8 Å². The first-order valence-electron chi connectivity index (χ1n) is 7.88. The van der Waals surface area contributed by atoms with E-state index in [1.165, 1.54) is 17.7 Å². The Labute approximate surface area is 130 Å². The van der Waals surface area contributed by atoms with Gasteiger partial charge in [-0.15, -0.1) is 0 Å². The van der Waals surface area contributed by atoms with Crippen LogP contribution in [0.4, 0.5) is 0 Å². The average Bonchev–Trinajstić information content (AvgIpc) is 2.36. The van der Waals surface area contributed by atoms with Gasteiger partial charge in [0.1, 0.15) is 5.75 Å². The topological polar surface area (TPSA) is 18.5 Å². The monoisotopic (exact) mass is 304 g/mol. The number of ether oxygens (including phenoxy) is 1. The summed E-state index contributed by atoms with van der Waals surface area (Å²) in [7, 11) is 0.225. The molecule has 21 heavy (non-hydrogen) atoms. The zero-order valence-electron chi connectivity index (χ0n) is 14.0. The van der Waals surface area contributed by atoms with Crippen molar-refractivity contribution in [2.75, 3.05) is 7.11 Å². The van der Waals surface area contributed by atoms with Crippen LogP contribution in [0.1, 0.15) is 25.3 Å². The predicted molar refractivity (Wildman–Crippen MR) is 91.1 cm³/mol. The maximum atomic E-state index is 6.24.